The van der Waals surface area contributed by atoms with Gasteiger partial charge in [-0.2, -0.15) is 0 Å². The fraction of sp³-hybridized carbons (Fsp3) is 0.0714. The lowest BCUT2D eigenvalue weighted by molar-refractivity contribution is -0.402. The van der Waals surface area contributed by atoms with Gasteiger partial charge < -0.3 is 9.40 Å². The first-order chi connectivity index (χ1) is 10.1. The highest BCUT2D eigenvalue weighted by atomic mass is 32.2. The molecule has 21 heavy (non-hydrogen) atoms. The van der Waals surface area contributed by atoms with Crippen LogP contribution in [0.3, 0.4) is 0 Å². The van der Waals surface area contributed by atoms with E-state index >= 15 is 0 Å². The molecule has 0 aliphatic rings. The van der Waals surface area contributed by atoms with E-state index in [9.17, 15) is 10.1 Å². The lowest BCUT2D eigenvalue weighted by atomic mass is 10.2. The predicted octanol–water partition coefficient (Wildman–Crippen LogP) is 4.14. The number of aromatic amines is 1. The zero-order valence-corrected chi connectivity index (χ0v) is 11.9. The van der Waals surface area contributed by atoms with Crippen molar-refractivity contribution in [2.24, 2.45) is 0 Å². The second-order valence-corrected chi connectivity index (χ2v) is 5.31. The summed E-state index contributed by atoms with van der Waals surface area (Å²) in [5.74, 6) is 0.167. The Morgan fingerprint density at radius 2 is 2.24 bits per heavy atom. The van der Waals surface area contributed by atoms with E-state index in [0.717, 1.165) is 16.2 Å². The minimum Gasteiger partial charge on any atom is -0.401 e. The minimum atomic E-state index is -0.563. The molecule has 0 unspecified atom stereocenters. The van der Waals surface area contributed by atoms with Crippen LogP contribution in [0.1, 0.15) is 11.3 Å². The normalized spacial score (nSPS) is 11.5. The third kappa shape index (κ3) is 2.97. The molecule has 0 saturated heterocycles. The van der Waals surface area contributed by atoms with Gasteiger partial charge in [0.15, 0.2) is 5.16 Å². The third-order valence-corrected chi connectivity index (χ3v) is 3.51. The van der Waals surface area contributed by atoms with Gasteiger partial charge in [0.05, 0.1) is 17.1 Å². The second-order valence-electron chi connectivity index (χ2n) is 4.42. The van der Waals surface area contributed by atoms with Crippen molar-refractivity contribution in [2.45, 2.75) is 12.1 Å². The third-order valence-electron chi connectivity index (χ3n) is 2.82. The molecule has 0 saturated carbocycles. The molecule has 0 amide bonds. The van der Waals surface area contributed by atoms with E-state index in [1.807, 2.05) is 25.1 Å². The van der Waals surface area contributed by atoms with Crippen LogP contribution in [0.15, 0.2) is 45.3 Å². The zero-order valence-electron chi connectivity index (χ0n) is 11.1. The van der Waals surface area contributed by atoms with Gasteiger partial charge in [-0.25, -0.2) is 4.98 Å². The van der Waals surface area contributed by atoms with Crippen LogP contribution in [0, 0.1) is 17.0 Å². The van der Waals surface area contributed by atoms with E-state index in [1.54, 1.807) is 17.6 Å². The SMILES string of the molecule is Cc1ccc2nc(S/C=C/c3ccc([N+](=O)[O-])o3)[nH]c2c1. The number of imidazole rings is 1. The Morgan fingerprint density at radius 1 is 1.38 bits per heavy atom. The number of H-pyrrole nitrogens is 1. The highest BCUT2D eigenvalue weighted by molar-refractivity contribution is 8.02. The van der Waals surface area contributed by atoms with Crippen LogP contribution in [-0.2, 0) is 0 Å². The number of aromatic nitrogens is 2. The van der Waals surface area contributed by atoms with Crippen molar-refractivity contribution >= 4 is 34.8 Å². The summed E-state index contributed by atoms with van der Waals surface area (Å²) in [5.41, 5.74) is 3.06. The van der Waals surface area contributed by atoms with Crippen LogP contribution in [-0.4, -0.2) is 14.9 Å². The summed E-state index contributed by atoms with van der Waals surface area (Å²) >= 11 is 1.39. The maximum absolute atomic E-state index is 10.5. The molecule has 0 radical (unpaired) electrons. The Balaban J connectivity index is 1.73. The Kier molecular flexibility index (Phi) is 3.49. The van der Waals surface area contributed by atoms with Crippen LogP contribution >= 0.6 is 11.8 Å². The van der Waals surface area contributed by atoms with Crippen LogP contribution in [0.25, 0.3) is 17.1 Å². The fourth-order valence-corrected chi connectivity index (χ4v) is 2.50. The number of thioether (sulfide) groups is 1. The number of nitro groups is 1. The van der Waals surface area contributed by atoms with Crippen LogP contribution in [0.5, 0.6) is 0 Å². The van der Waals surface area contributed by atoms with Gasteiger partial charge in [0.1, 0.15) is 10.7 Å². The summed E-state index contributed by atoms with van der Waals surface area (Å²) < 4.78 is 5.03. The van der Waals surface area contributed by atoms with Crippen molar-refractivity contribution in [3.8, 4) is 0 Å². The lowest BCUT2D eigenvalue weighted by Gasteiger charge is -1.89. The maximum Gasteiger partial charge on any atom is 0.433 e. The van der Waals surface area contributed by atoms with E-state index < -0.39 is 4.92 Å². The fourth-order valence-electron chi connectivity index (χ4n) is 1.85. The van der Waals surface area contributed by atoms with Crippen LogP contribution < -0.4 is 0 Å². The summed E-state index contributed by atoms with van der Waals surface area (Å²) in [4.78, 5) is 17.6. The highest BCUT2D eigenvalue weighted by Gasteiger charge is 2.09. The average Bonchev–Trinajstić information content (AvgIpc) is 3.04. The number of furan rings is 1. The number of fused-ring (bicyclic) bond motifs is 1. The van der Waals surface area contributed by atoms with Crippen molar-refractivity contribution in [2.75, 3.05) is 0 Å². The van der Waals surface area contributed by atoms with Crippen molar-refractivity contribution in [3.63, 3.8) is 0 Å². The minimum absolute atomic E-state index is 0.265. The van der Waals surface area contributed by atoms with Gasteiger partial charge in [0.25, 0.3) is 0 Å². The summed E-state index contributed by atoms with van der Waals surface area (Å²) in [6.07, 6.45) is 1.66. The van der Waals surface area contributed by atoms with E-state index in [2.05, 4.69) is 9.97 Å². The van der Waals surface area contributed by atoms with Crippen molar-refractivity contribution in [1.82, 2.24) is 9.97 Å². The van der Waals surface area contributed by atoms with Gasteiger partial charge in [-0.3, -0.25) is 10.1 Å². The first-order valence-electron chi connectivity index (χ1n) is 6.15. The number of hydrogen-bond donors (Lipinski definition) is 1. The number of nitrogens with zero attached hydrogens (tertiary/aromatic N) is 2. The molecule has 1 N–H and O–H groups in total. The number of aryl methyl sites for hydroxylation is 1. The molecule has 7 heteroatoms. The molecule has 0 atom stereocenters. The number of nitrogens with one attached hydrogen (secondary N) is 1. The van der Waals surface area contributed by atoms with E-state index in [-0.39, 0.29) is 5.88 Å². The highest BCUT2D eigenvalue weighted by Crippen LogP contribution is 2.23. The number of hydrogen-bond acceptors (Lipinski definition) is 5. The van der Waals surface area contributed by atoms with Gasteiger partial charge in [-0.1, -0.05) is 17.8 Å². The predicted molar refractivity (Wildman–Crippen MR) is 81.1 cm³/mol. The topological polar surface area (TPSA) is 85.0 Å². The number of rotatable bonds is 4. The molecule has 0 fully saturated rings. The molecule has 0 spiro atoms. The molecular weight excluding hydrogens is 290 g/mol. The molecule has 1 aromatic carbocycles. The van der Waals surface area contributed by atoms with Crippen LogP contribution in [0.2, 0.25) is 0 Å². The standard InChI is InChI=1S/C14H11N3O3S/c1-9-2-4-11-12(8-9)16-14(15-11)21-7-6-10-3-5-13(20-10)17(18)19/h2-8H,1H3,(H,15,16)/b7-6+. The lowest BCUT2D eigenvalue weighted by Crippen LogP contribution is -1.82. The summed E-state index contributed by atoms with van der Waals surface area (Å²) in [5, 5.41) is 13.0. The second kappa shape index (κ2) is 5.45. The molecule has 0 bridgehead atoms. The average molecular weight is 301 g/mol. The summed E-state index contributed by atoms with van der Waals surface area (Å²) in [6, 6.07) is 8.89. The van der Waals surface area contributed by atoms with Crippen molar-refractivity contribution < 1.29 is 9.34 Å². The largest absolute Gasteiger partial charge is 0.433 e. The van der Waals surface area contributed by atoms with E-state index in [0.29, 0.717) is 5.76 Å². The zero-order chi connectivity index (χ0) is 14.8. The van der Waals surface area contributed by atoms with Gasteiger partial charge in [-0.05, 0) is 42.2 Å². The Morgan fingerprint density at radius 3 is 3.00 bits per heavy atom. The molecule has 2 heterocycles. The molecule has 3 rings (SSSR count). The molecule has 3 aromatic rings. The summed E-state index contributed by atoms with van der Waals surface area (Å²) in [7, 11) is 0. The molecular formula is C14H11N3O3S. The summed E-state index contributed by atoms with van der Waals surface area (Å²) in [6.45, 7) is 2.02. The van der Waals surface area contributed by atoms with E-state index in [4.69, 9.17) is 4.42 Å². The monoisotopic (exact) mass is 301 g/mol. The van der Waals surface area contributed by atoms with Crippen molar-refractivity contribution in [1.29, 1.82) is 0 Å². The van der Waals surface area contributed by atoms with Crippen molar-refractivity contribution in [3.05, 3.63) is 57.2 Å². The molecule has 2 aromatic heterocycles. The van der Waals surface area contributed by atoms with Gasteiger partial charge in [0, 0.05) is 0 Å². The Hall–Kier alpha value is -2.54. The van der Waals surface area contributed by atoms with Gasteiger partial charge in [0.2, 0.25) is 0 Å². The maximum atomic E-state index is 10.5. The first-order valence-corrected chi connectivity index (χ1v) is 7.03. The Labute approximate surface area is 124 Å². The van der Waals surface area contributed by atoms with E-state index in [1.165, 1.54) is 23.4 Å². The van der Waals surface area contributed by atoms with Gasteiger partial charge in [-0.15, -0.1) is 0 Å². The molecule has 6 nitrogen and oxygen atoms in total. The molecule has 106 valence electrons. The molecule has 0 aliphatic carbocycles. The number of benzene rings is 1. The van der Waals surface area contributed by atoms with Gasteiger partial charge >= 0.3 is 5.88 Å². The Bertz CT molecular complexity index is 835. The smallest absolute Gasteiger partial charge is 0.401 e. The molecule has 0 aliphatic heterocycles. The quantitative estimate of drug-likeness (QED) is 0.445. The van der Waals surface area contributed by atoms with Crippen LogP contribution in [0.4, 0.5) is 5.88 Å². The first kappa shape index (κ1) is 13.4.